The van der Waals surface area contributed by atoms with Crippen molar-refractivity contribution in [1.82, 2.24) is 14.9 Å². The summed E-state index contributed by atoms with van der Waals surface area (Å²) in [7, 11) is 0. The van der Waals surface area contributed by atoms with Gasteiger partial charge in [0.1, 0.15) is 0 Å². The minimum Gasteiger partial charge on any atom is -0.395 e. The Morgan fingerprint density at radius 1 is 1.43 bits per heavy atom. The number of aliphatic hydroxyl groups is 1. The van der Waals surface area contributed by atoms with E-state index in [0.29, 0.717) is 6.54 Å². The fourth-order valence-electron chi connectivity index (χ4n) is 1.17. The lowest BCUT2D eigenvalue weighted by Crippen LogP contribution is -2.20. The molecular formula is C9H17N3OS. The molecule has 0 spiro atoms. The van der Waals surface area contributed by atoms with Gasteiger partial charge in [0.2, 0.25) is 0 Å². The molecule has 0 saturated heterocycles. The third-order valence-electron chi connectivity index (χ3n) is 1.84. The molecule has 0 fully saturated rings. The van der Waals surface area contributed by atoms with Gasteiger partial charge in [-0.15, -0.1) is 5.10 Å². The summed E-state index contributed by atoms with van der Waals surface area (Å²) in [5, 5.41) is 15.9. The summed E-state index contributed by atoms with van der Waals surface area (Å²) in [5.74, 6) is 0. The van der Waals surface area contributed by atoms with Gasteiger partial charge in [0, 0.05) is 18.5 Å². The SMILES string of the molecule is CC(C)(C)c1nnsc1CNCCO. The Kier molecular flexibility index (Phi) is 3.97. The first kappa shape index (κ1) is 11.6. The van der Waals surface area contributed by atoms with Crippen molar-refractivity contribution < 1.29 is 5.11 Å². The summed E-state index contributed by atoms with van der Waals surface area (Å²) in [6.07, 6.45) is 0. The quantitative estimate of drug-likeness (QED) is 0.733. The van der Waals surface area contributed by atoms with Gasteiger partial charge in [-0.05, 0) is 11.5 Å². The highest BCUT2D eigenvalue weighted by atomic mass is 32.1. The van der Waals surface area contributed by atoms with Crippen molar-refractivity contribution in [2.24, 2.45) is 0 Å². The Bertz CT molecular complexity index is 280. The second-order valence-corrected chi connectivity index (χ2v) is 5.03. The molecule has 80 valence electrons. The van der Waals surface area contributed by atoms with Gasteiger partial charge in [-0.3, -0.25) is 0 Å². The van der Waals surface area contributed by atoms with E-state index < -0.39 is 0 Å². The standard InChI is InChI=1S/C9H17N3OS/c1-9(2,3)8-7(14-12-11-8)6-10-4-5-13/h10,13H,4-6H2,1-3H3. The molecule has 0 aliphatic carbocycles. The summed E-state index contributed by atoms with van der Waals surface area (Å²) in [6, 6.07) is 0. The molecule has 0 aliphatic heterocycles. The van der Waals surface area contributed by atoms with Gasteiger partial charge >= 0.3 is 0 Å². The average molecular weight is 215 g/mol. The van der Waals surface area contributed by atoms with Gasteiger partial charge in [0.25, 0.3) is 0 Å². The number of aliphatic hydroxyl groups excluding tert-OH is 1. The van der Waals surface area contributed by atoms with E-state index in [4.69, 9.17) is 5.11 Å². The molecule has 1 rings (SSSR count). The second kappa shape index (κ2) is 4.82. The topological polar surface area (TPSA) is 58.0 Å². The molecule has 0 aliphatic rings. The van der Waals surface area contributed by atoms with Crippen LogP contribution in [0.15, 0.2) is 0 Å². The highest BCUT2D eigenvalue weighted by Crippen LogP contribution is 2.25. The Labute approximate surface area is 88.5 Å². The van der Waals surface area contributed by atoms with Crippen molar-refractivity contribution in [2.75, 3.05) is 13.2 Å². The second-order valence-electron chi connectivity index (χ2n) is 4.20. The monoisotopic (exact) mass is 215 g/mol. The van der Waals surface area contributed by atoms with Crippen molar-refractivity contribution in [2.45, 2.75) is 32.7 Å². The van der Waals surface area contributed by atoms with Crippen molar-refractivity contribution in [3.63, 3.8) is 0 Å². The summed E-state index contributed by atoms with van der Waals surface area (Å²) in [5.41, 5.74) is 1.09. The van der Waals surface area contributed by atoms with Gasteiger partial charge in [-0.2, -0.15) is 0 Å². The molecule has 5 heteroatoms. The van der Waals surface area contributed by atoms with E-state index in [2.05, 4.69) is 35.7 Å². The van der Waals surface area contributed by atoms with E-state index in [-0.39, 0.29) is 12.0 Å². The molecule has 0 bridgehead atoms. The van der Waals surface area contributed by atoms with E-state index >= 15 is 0 Å². The maximum absolute atomic E-state index is 8.63. The maximum Gasteiger partial charge on any atom is 0.0854 e. The molecule has 0 amide bonds. The highest BCUT2D eigenvalue weighted by Gasteiger charge is 2.21. The predicted octanol–water partition coefficient (Wildman–Crippen LogP) is 0.917. The summed E-state index contributed by atoms with van der Waals surface area (Å²) in [4.78, 5) is 1.16. The van der Waals surface area contributed by atoms with E-state index in [1.807, 2.05) is 0 Å². The summed E-state index contributed by atoms with van der Waals surface area (Å²) in [6.45, 7) is 7.89. The third kappa shape index (κ3) is 3.01. The average Bonchev–Trinajstić information content (AvgIpc) is 2.52. The van der Waals surface area contributed by atoms with Crippen LogP contribution in [-0.2, 0) is 12.0 Å². The lowest BCUT2D eigenvalue weighted by molar-refractivity contribution is 0.292. The zero-order chi connectivity index (χ0) is 10.6. The number of hydrogen-bond donors (Lipinski definition) is 2. The van der Waals surface area contributed by atoms with Crippen molar-refractivity contribution >= 4 is 11.5 Å². The number of rotatable bonds is 4. The molecule has 0 atom stereocenters. The summed E-state index contributed by atoms with van der Waals surface area (Å²) < 4.78 is 3.96. The molecular weight excluding hydrogens is 198 g/mol. The minimum absolute atomic E-state index is 0.0449. The van der Waals surface area contributed by atoms with Gasteiger partial charge < -0.3 is 10.4 Å². The van der Waals surface area contributed by atoms with Crippen LogP contribution in [0.25, 0.3) is 0 Å². The van der Waals surface area contributed by atoms with E-state index in [1.165, 1.54) is 11.5 Å². The Morgan fingerprint density at radius 2 is 2.14 bits per heavy atom. The van der Waals surface area contributed by atoms with Crippen molar-refractivity contribution in [3.8, 4) is 0 Å². The van der Waals surface area contributed by atoms with Crippen LogP contribution in [0.5, 0.6) is 0 Å². The van der Waals surface area contributed by atoms with Gasteiger partial charge in [-0.25, -0.2) is 0 Å². The predicted molar refractivity (Wildman–Crippen MR) is 57.4 cm³/mol. The molecule has 4 nitrogen and oxygen atoms in total. The highest BCUT2D eigenvalue weighted by molar-refractivity contribution is 7.05. The number of hydrogen-bond acceptors (Lipinski definition) is 5. The van der Waals surface area contributed by atoms with Crippen molar-refractivity contribution in [3.05, 3.63) is 10.6 Å². The zero-order valence-electron chi connectivity index (χ0n) is 8.87. The Balaban J connectivity index is 2.63. The van der Waals surface area contributed by atoms with Gasteiger partial charge in [0.15, 0.2) is 0 Å². The first-order valence-corrected chi connectivity index (χ1v) is 5.46. The normalized spacial score (nSPS) is 12.0. The summed E-state index contributed by atoms with van der Waals surface area (Å²) >= 11 is 1.42. The van der Waals surface area contributed by atoms with Gasteiger partial charge in [0.05, 0.1) is 17.2 Å². The third-order valence-corrected chi connectivity index (χ3v) is 2.56. The molecule has 1 heterocycles. The maximum atomic E-state index is 8.63. The van der Waals surface area contributed by atoms with Gasteiger partial charge in [-0.1, -0.05) is 25.3 Å². The van der Waals surface area contributed by atoms with Crippen LogP contribution in [0.2, 0.25) is 0 Å². The first-order valence-electron chi connectivity index (χ1n) is 4.69. The minimum atomic E-state index is 0.0449. The molecule has 0 unspecified atom stereocenters. The van der Waals surface area contributed by atoms with Crippen LogP contribution in [0, 0.1) is 0 Å². The molecule has 1 aromatic rings. The molecule has 0 radical (unpaired) electrons. The van der Waals surface area contributed by atoms with Crippen LogP contribution in [0.1, 0.15) is 31.3 Å². The number of nitrogens with one attached hydrogen (secondary N) is 1. The fourth-order valence-corrected chi connectivity index (χ4v) is 2.00. The van der Waals surface area contributed by atoms with Crippen LogP contribution < -0.4 is 5.32 Å². The zero-order valence-corrected chi connectivity index (χ0v) is 9.69. The molecule has 0 saturated carbocycles. The van der Waals surface area contributed by atoms with Crippen LogP contribution in [-0.4, -0.2) is 27.8 Å². The largest absolute Gasteiger partial charge is 0.395 e. The lowest BCUT2D eigenvalue weighted by atomic mass is 9.91. The number of nitrogens with zero attached hydrogens (tertiary/aromatic N) is 2. The van der Waals surface area contributed by atoms with Crippen molar-refractivity contribution in [1.29, 1.82) is 0 Å². The molecule has 1 aromatic heterocycles. The molecule has 14 heavy (non-hydrogen) atoms. The smallest absolute Gasteiger partial charge is 0.0854 e. The Hall–Kier alpha value is -0.520. The van der Waals surface area contributed by atoms with Crippen LogP contribution in [0.4, 0.5) is 0 Å². The first-order chi connectivity index (χ1) is 6.55. The number of aromatic nitrogens is 2. The van der Waals surface area contributed by atoms with E-state index in [0.717, 1.165) is 17.1 Å². The Morgan fingerprint density at radius 3 is 2.71 bits per heavy atom. The van der Waals surface area contributed by atoms with Crippen LogP contribution >= 0.6 is 11.5 Å². The molecule has 2 N–H and O–H groups in total. The fraction of sp³-hybridized carbons (Fsp3) is 0.778. The van der Waals surface area contributed by atoms with Crippen LogP contribution in [0.3, 0.4) is 0 Å². The van der Waals surface area contributed by atoms with E-state index in [9.17, 15) is 0 Å². The molecule has 0 aromatic carbocycles. The van der Waals surface area contributed by atoms with E-state index in [1.54, 1.807) is 0 Å². The lowest BCUT2D eigenvalue weighted by Gasteiger charge is -2.16.